The number of aromatic nitrogens is 2. The van der Waals surface area contributed by atoms with Crippen molar-refractivity contribution >= 4 is 65.8 Å². The maximum Gasteiger partial charge on any atom is 0.139 e. The predicted octanol–water partition coefficient (Wildman–Crippen LogP) is 6.11. The lowest BCUT2D eigenvalue weighted by atomic mass is 10.3. The minimum atomic E-state index is -0.301. The van der Waals surface area contributed by atoms with Gasteiger partial charge in [0.1, 0.15) is 11.6 Å². The molecule has 2 heterocycles. The van der Waals surface area contributed by atoms with Gasteiger partial charge in [-0.15, -0.1) is 22.9 Å². The zero-order valence-corrected chi connectivity index (χ0v) is 15.7. The van der Waals surface area contributed by atoms with Gasteiger partial charge in [0.25, 0.3) is 0 Å². The number of halogens is 4. The summed E-state index contributed by atoms with van der Waals surface area (Å²) in [6.45, 7) is 2.50. The van der Waals surface area contributed by atoms with Crippen LogP contribution >= 0.6 is 54.8 Å². The number of alkyl halides is 1. The Morgan fingerprint density at radius 1 is 1.38 bits per heavy atom. The molecule has 1 atom stereocenters. The van der Waals surface area contributed by atoms with Crippen molar-refractivity contribution in [2.24, 2.45) is 0 Å². The molecule has 0 saturated heterocycles. The van der Waals surface area contributed by atoms with Gasteiger partial charge in [0.05, 0.1) is 27.4 Å². The molecule has 110 valence electrons. The number of rotatable bonds is 3. The van der Waals surface area contributed by atoms with Gasteiger partial charge >= 0.3 is 0 Å². The zero-order chi connectivity index (χ0) is 15.1. The van der Waals surface area contributed by atoms with Gasteiger partial charge in [0.15, 0.2) is 0 Å². The third-order valence-electron chi connectivity index (χ3n) is 3.11. The van der Waals surface area contributed by atoms with Crippen molar-refractivity contribution in [1.29, 1.82) is 0 Å². The van der Waals surface area contributed by atoms with E-state index < -0.39 is 0 Å². The first-order valence-corrected chi connectivity index (χ1v) is 9.08. The number of hydrogen-bond acceptors (Lipinski definition) is 2. The average Bonchev–Trinajstić information content (AvgIpc) is 2.96. The molecule has 0 aliphatic carbocycles. The molecule has 0 spiro atoms. The predicted molar refractivity (Wildman–Crippen MR) is 92.8 cm³/mol. The lowest BCUT2D eigenvalue weighted by molar-refractivity contribution is 0.621. The molecule has 1 aromatic carbocycles. The van der Waals surface area contributed by atoms with Crippen LogP contribution in [-0.4, -0.2) is 9.55 Å². The van der Waals surface area contributed by atoms with Crippen LogP contribution in [0.25, 0.3) is 11.0 Å². The lowest BCUT2D eigenvalue weighted by Gasteiger charge is -2.09. The molecule has 0 bridgehead atoms. The molecule has 21 heavy (non-hydrogen) atoms. The van der Waals surface area contributed by atoms with E-state index in [1.807, 2.05) is 22.9 Å². The van der Waals surface area contributed by atoms with Crippen molar-refractivity contribution in [2.75, 3.05) is 0 Å². The summed E-state index contributed by atoms with van der Waals surface area (Å²) in [5.41, 5.74) is 1.49. The molecule has 0 aliphatic heterocycles. The van der Waals surface area contributed by atoms with Crippen LogP contribution in [0.1, 0.15) is 23.0 Å². The average molecular weight is 453 g/mol. The fourth-order valence-corrected chi connectivity index (χ4v) is 4.14. The SMILES string of the molecule is CC(Cl)c1nc2cc(Br)c(F)cc2n1Cc1cc(Br)cs1. The van der Waals surface area contributed by atoms with Crippen LogP contribution < -0.4 is 0 Å². The smallest absolute Gasteiger partial charge is 0.139 e. The molecule has 0 aliphatic rings. The van der Waals surface area contributed by atoms with Gasteiger partial charge in [-0.3, -0.25) is 0 Å². The highest BCUT2D eigenvalue weighted by Gasteiger charge is 2.17. The van der Waals surface area contributed by atoms with Gasteiger partial charge < -0.3 is 4.57 Å². The standard InChI is InChI=1S/C14H10Br2ClFN2S/c1-7(17)14-19-12-3-10(16)11(18)4-13(12)20(14)5-9-2-8(15)6-21-9/h2-4,6-7H,5H2,1H3. The highest BCUT2D eigenvalue weighted by molar-refractivity contribution is 9.10. The highest BCUT2D eigenvalue weighted by atomic mass is 79.9. The van der Waals surface area contributed by atoms with Crippen LogP contribution in [-0.2, 0) is 6.54 Å². The minimum Gasteiger partial charge on any atom is -0.321 e. The molecular formula is C14H10Br2ClFN2S. The first-order valence-electron chi connectivity index (χ1n) is 6.18. The summed E-state index contributed by atoms with van der Waals surface area (Å²) in [4.78, 5) is 5.70. The van der Waals surface area contributed by atoms with E-state index in [0.717, 1.165) is 26.2 Å². The third kappa shape index (κ3) is 3.04. The van der Waals surface area contributed by atoms with Gasteiger partial charge in [-0.1, -0.05) is 0 Å². The van der Waals surface area contributed by atoms with Crippen molar-refractivity contribution in [1.82, 2.24) is 9.55 Å². The van der Waals surface area contributed by atoms with E-state index in [4.69, 9.17) is 11.6 Å². The van der Waals surface area contributed by atoms with Gasteiger partial charge in [-0.25, -0.2) is 9.37 Å². The molecule has 3 rings (SSSR count). The van der Waals surface area contributed by atoms with Crippen LogP contribution in [0.4, 0.5) is 4.39 Å². The summed E-state index contributed by atoms with van der Waals surface area (Å²) >= 11 is 14.5. The molecule has 2 nitrogen and oxygen atoms in total. The van der Waals surface area contributed by atoms with Crippen LogP contribution in [0.3, 0.4) is 0 Å². The second-order valence-corrected chi connectivity index (χ2v) is 8.08. The molecule has 7 heteroatoms. The Labute approximate surface area is 147 Å². The Hall–Kier alpha value is -0.430. The molecule has 0 amide bonds. The number of imidazole rings is 1. The van der Waals surface area contributed by atoms with Crippen molar-refractivity contribution < 1.29 is 4.39 Å². The van der Waals surface area contributed by atoms with Gasteiger partial charge in [-0.05, 0) is 50.9 Å². The Bertz CT molecular complexity index is 813. The lowest BCUT2D eigenvalue weighted by Crippen LogP contribution is -2.04. The van der Waals surface area contributed by atoms with Crippen molar-refractivity contribution in [3.8, 4) is 0 Å². The van der Waals surface area contributed by atoms with E-state index in [1.54, 1.807) is 17.4 Å². The number of thiophene rings is 1. The van der Waals surface area contributed by atoms with Crippen LogP contribution in [0.2, 0.25) is 0 Å². The summed E-state index contributed by atoms with van der Waals surface area (Å²) in [6.07, 6.45) is 0. The van der Waals surface area contributed by atoms with Crippen LogP contribution in [0.15, 0.2) is 32.5 Å². The molecule has 1 unspecified atom stereocenters. The first-order chi connectivity index (χ1) is 9.95. The van der Waals surface area contributed by atoms with E-state index >= 15 is 0 Å². The fraction of sp³-hybridized carbons (Fsp3) is 0.214. The van der Waals surface area contributed by atoms with Crippen molar-refractivity contribution in [2.45, 2.75) is 18.8 Å². The van der Waals surface area contributed by atoms with Gasteiger partial charge in [0, 0.05) is 20.8 Å². The maximum atomic E-state index is 13.9. The topological polar surface area (TPSA) is 17.8 Å². The van der Waals surface area contributed by atoms with Crippen LogP contribution in [0, 0.1) is 5.82 Å². The Balaban J connectivity index is 2.17. The van der Waals surface area contributed by atoms with E-state index in [9.17, 15) is 4.39 Å². The van der Waals surface area contributed by atoms with E-state index in [-0.39, 0.29) is 11.2 Å². The summed E-state index contributed by atoms with van der Waals surface area (Å²) in [7, 11) is 0. The number of hydrogen-bond donors (Lipinski definition) is 0. The molecule has 0 saturated carbocycles. The van der Waals surface area contributed by atoms with Gasteiger partial charge in [-0.2, -0.15) is 0 Å². The molecule has 0 fully saturated rings. The molecule has 0 radical (unpaired) electrons. The molecule has 2 aromatic heterocycles. The Kier molecular flexibility index (Phi) is 4.41. The van der Waals surface area contributed by atoms with Crippen molar-refractivity contribution in [3.63, 3.8) is 0 Å². The second-order valence-electron chi connectivity index (χ2n) is 4.66. The number of nitrogens with zero attached hydrogens (tertiary/aromatic N) is 2. The summed E-state index contributed by atoms with van der Waals surface area (Å²) in [5, 5.41) is 1.78. The van der Waals surface area contributed by atoms with E-state index in [2.05, 4.69) is 36.8 Å². The Morgan fingerprint density at radius 2 is 2.14 bits per heavy atom. The van der Waals surface area contributed by atoms with E-state index in [1.165, 1.54) is 6.07 Å². The summed E-state index contributed by atoms with van der Waals surface area (Å²) in [5.74, 6) is 0.443. The zero-order valence-electron chi connectivity index (χ0n) is 10.9. The van der Waals surface area contributed by atoms with Crippen LogP contribution in [0.5, 0.6) is 0 Å². The Morgan fingerprint density at radius 3 is 2.76 bits per heavy atom. The summed E-state index contributed by atoms with van der Waals surface area (Å²) in [6, 6.07) is 5.24. The number of fused-ring (bicyclic) bond motifs is 1. The quantitative estimate of drug-likeness (QED) is 0.439. The summed E-state index contributed by atoms with van der Waals surface area (Å²) < 4.78 is 17.3. The number of benzene rings is 1. The van der Waals surface area contributed by atoms with Gasteiger partial charge in [0.2, 0.25) is 0 Å². The monoisotopic (exact) mass is 450 g/mol. The van der Waals surface area contributed by atoms with E-state index in [0.29, 0.717) is 11.0 Å². The second kappa shape index (κ2) is 5.99. The normalized spacial score (nSPS) is 13.0. The molecule has 0 N–H and O–H groups in total. The highest BCUT2D eigenvalue weighted by Crippen LogP contribution is 2.30. The third-order valence-corrected chi connectivity index (χ3v) is 5.60. The molecular weight excluding hydrogens is 442 g/mol. The van der Waals surface area contributed by atoms with Crippen molar-refractivity contribution in [3.05, 3.63) is 49.0 Å². The maximum absolute atomic E-state index is 13.9. The fourth-order valence-electron chi connectivity index (χ4n) is 2.20. The largest absolute Gasteiger partial charge is 0.321 e. The first kappa shape index (κ1) is 15.5. The molecule has 3 aromatic rings. The minimum absolute atomic E-state index is 0.248.